The van der Waals surface area contributed by atoms with Crippen LogP contribution in [0.5, 0.6) is 11.5 Å². The Morgan fingerprint density at radius 3 is 2.61 bits per heavy atom. The van der Waals surface area contributed by atoms with E-state index in [4.69, 9.17) is 9.47 Å². The largest absolute Gasteiger partial charge is 0.454 e. The van der Waals surface area contributed by atoms with Gasteiger partial charge in [0, 0.05) is 11.1 Å². The van der Waals surface area contributed by atoms with Gasteiger partial charge in [0.25, 0.3) is 0 Å². The van der Waals surface area contributed by atoms with Crippen LogP contribution in [0.4, 0.5) is 13.2 Å². The number of alkyl halides is 3. The van der Waals surface area contributed by atoms with Gasteiger partial charge in [-0.2, -0.15) is 18.3 Å². The van der Waals surface area contributed by atoms with Crippen LogP contribution < -0.4 is 9.47 Å². The molecule has 0 fully saturated rings. The van der Waals surface area contributed by atoms with E-state index in [0.29, 0.717) is 34.1 Å². The topological polar surface area (TPSA) is 48.7 Å². The van der Waals surface area contributed by atoms with Gasteiger partial charge in [0.1, 0.15) is 0 Å². The molecule has 5 nitrogen and oxygen atoms in total. The lowest BCUT2D eigenvalue weighted by atomic mass is 10.1. The molecule has 0 N–H and O–H groups in total. The highest BCUT2D eigenvalue weighted by Gasteiger charge is 2.30. The smallest absolute Gasteiger partial charge is 0.416 e. The summed E-state index contributed by atoms with van der Waals surface area (Å²) in [7, 11) is 0. The number of halogens is 3. The minimum Gasteiger partial charge on any atom is -0.454 e. The van der Waals surface area contributed by atoms with Crippen molar-refractivity contribution in [3.8, 4) is 34.0 Å². The van der Waals surface area contributed by atoms with Gasteiger partial charge in [0.2, 0.25) is 6.79 Å². The van der Waals surface area contributed by atoms with Crippen molar-refractivity contribution < 1.29 is 22.6 Å². The molecule has 0 spiro atoms. The van der Waals surface area contributed by atoms with Crippen molar-refractivity contribution in [2.24, 2.45) is 0 Å². The van der Waals surface area contributed by atoms with E-state index < -0.39 is 11.7 Å². The predicted octanol–water partition coefficient (Wildman–Crippen LogP) is 4.81. The van der Waals surface area contributed by atoms with Crippen LogP contribution in [0.3, 0.4) is 0 Å². The monoisotopic (exact) mass is 383 g/mol. The number of fused-ring (bicyclic) bond motifs is 2. The van der Waals surface area contributed by atoms with Gasteiger partial charge in [-0.25, -0.2) is 9.50 Å². The number of rotatable bonds is 2. The van der Waals surface area contributed by atoms with Gasteiger partial charge < -0.3 is 9.47 Å². The molecule has 28 heavy (non-hydrogen) atoms. The number of imidazole rings is 1. The summed E-state index contributed by atoms with van der Waals surface area (Å²) in [4.78, 5) is 4.33. The Balaban J connectivity index is 1.61. The maximum Gasteiger partial charge on any atom is 0.416 e. The first kappa shape index (κ1) is 16.6. The Hall–Kier alpha value is -3.55. The third-order valence-electron chi connectivity index (χ3n) is 4.52. The van der Waals surface area contributed by atoms with Crippen molar-refractivity contribution in [3.05, 3.63) is 66.4 Å². The molecule has 0 aliphatic carbocycles. The van der Waals surface area contributed by atoms with Crippen LogP contribution in [0.1, 0.15) is 5.56 Å². The first-order chi connectivity index (χ1) is 13.5. The average Bonchev–Trinajstić information content (AvgIpc) is 3.33. The van der Waals surface area contributed by atoms with Crippen molar-refractivity contribution in [3.63, 3.8) is 0 Å². The zero-order chi connectivity index (χ0) is 19.3. The predicted molar refractivity (Wildman–Crippen MR) is 95.0 cm³/mol. The minimum absolute atomic E-state index is 0.171. The van der Waals surface area contributed by atoms with Gasteiger partial charge in [-0.05, 0) is 42.5 Å². The number of benzene rings is 2. The van der Waals surface area contributed by atoms with E-state index in [-0.39, 0.29) is 6.79 Å². The minimum atomic E-state index is -4.41. The molecule has 0 radical (unpaired) electrons. The Morgan fingerprint density at radius 1 is 0.893 bits per heavy atom. The molecule has 140 valence electrons. The van der Waals surface area contributed by atoms with E-state index >= 15 is 0 Å². The molecule has 5 rings (SSSR count). The molecule has 0 unspecified atom stereocenters. The van der Waals surface area contributed by atoms with Crippen LogP contribution in [0.2, 0.25) is 0 Å². The zero-order valence-electron chi connectivity index (χ0n) is 14.3. The highest BCUT2D eigenvalue weighted by molar-refractivity contribution is 5.68. The number of aromatic nitrogens is 3. The SMILES string of the molecule is FC(F)(F)c1cccc(-c2ccc3ncc(-c4ccc5c(c4)OCO5)n3n2)c1. The normalized spacial score (nSPS) is 13.2. The van der Waals surface area contributed by atoms with Gasteiger partial charge in [-0.1, -0.05) is 12.1 Å². The molecule has 0 amide bonds. The summed E-state index contributed by atoms with van der Waals surface area (Å²) in [5.41, 5.74) is 2.17. The second kappa shape index (κ2) is 5.98. The summed E-state index contributed by atoms with van der Waals surface area (Å²) in [6.45, 7) is 0.171. The highest BCUT2D eigenvalue weighted by Crippen LogP contribution is 2.36. The fourth-order valence-electron chi connectivity index (χ4n) is 3.13. The Bertz CT molecular complexity index is 1200. The van der Waals surface area contributed by atoms with E-state index in [1.54, 1.807) is 35.0 Å². The molecule has 2 aromatic heterocycles. The fraction of sp³-hybridized carbons (Fsp3) is 0.100. The molecule has 1 aliphatic rings. The maximum atomic E-state index is 13.0. The van der Waals surface area contributed by atoms with E-state index in [2.05, 4.69) is 10.1 Å². The maximum absolute atomic E-state index is 13.0. The average molecular weight is 383 g/mol. The molecule has 0 atom stereocenters. The lowest BCUT2D eigenvalue weighted by molar-refractivity contribution is -0.137. The molecule has 3 heterocycles. The standard InChI is InChI=1S/C20H12F3N3O2/c21-20(22,23)14-3-1-2-12(8-14)15-5-7-19-24-10-16(26(19)25-15)13-4-6-17-18(9-13)28-11-27-17/h1-10H,11H2. The van der Waals surface area contributed by atoms with Crippen molar-refractivity contribution in [2.75, 3.05) is 6.79 Å². The van der Waals surface area contributed by atoms with Gasteiger partial charge in [0.15, 0.2) is 17.1 Å². The molecule has 0 saturated heterocycles. The van der Waals surface area contributed by atoms with Gasteiger partial charge in [0.05, 0.1) is 23.1 Å². The third-order valence-corrected chi connectivity index (χ3v) is 4.52. The Labute approximate surface area is 157 Å². The van der Waals surface area contributed by atoms with Crippen molar-refractivity contribution in [1.82, 2.24) is 14.6 Å². The number of nitrogens with zero attached hydrogens (tertiary/aromatic N) is 3. The molecule has 8 heteroatoms. The van der Waals surface area contributed by atoms with E-state index in [1.807, 2.05) is 12.1 Å². The van der Waals surface area contributed by atoms with E-state index in [1.165, 1.54) is 6.07 Å². The van der Waals surface area contributed by atoms with E-state index in [0.717, 1.165) is 17.7 Å². The molecule has 0 saturated carbocycles. The summed E-state index contributed by atoms with van der Waals surface area (Å²) in [5, 5.41) is 4.51. The third kappa shape index (κ3) is 2.74. The zero-order valence-corrected chi connectivity index (χ0v) is 14.3. The first-order valence-electron chi connectivity index (χ1n) is 8.41. The second-order valence-electron chi connectivity index (χ2n) is 6.28. The van der Waals surface area contributed by atoms with Crippen molar-refractivity contribution >= 4 is 5.65 Å². The lowest BCUT2D eigenvalue weighted by Crippen LogP contribution is -2.05. The Morgan fingerprint density at radius 2 is 1.75 bits per heavy atom. The molecular formula is C20H12F3N3O2. The van der Waals surface area contributed by atoms with E-state index in [9.17, 15) is 13.2 Å². The summed E-state index contributed by atoms with van der Waals surface area (Å²) in [6.07, 6.45) is -2.75. The molecule has 2 aromatic carbocycles. The second-order valence-corrected chi connectivity index (χ2v) is 6.28. The van der Waals surface area contributed by atoms with Gasteiger partial charge in [-0.3, -0.25) is 0 Å². The number of ether oxygens (including phenoxy) is 2. The quantitative estimate of drug-likeness (QED) is 0.498. The highest BCUT2D eigenvalue weighted by atomic mass is 19.4. The van der Waals surface area contributed by atoms with Crippen molar-refractivity contribution in [1.29, 1.82) is 0 Å². The summed E-state index contributed by atoms with van der Waals surface area (Å²) in [6, 6.07) is 14.0. The Kier molecular flexibility index (Phi) is 3.55. The number of hydrogen-bond acceptors (Lipinski definition) is 4. The van der Waals surface area contributed by atoms with Crippen LogP contribution in [-0.4, -0.2) is 21.4 Å². The molecular weight excluding hydrogens is 371 g/mol. The summed E-state index contributed by atoms with van der Waals surface area (Å²) in [5.74, 6) is 1.29. The van der Waals surface area contributed by atoms with Crippen LogP contribution >= 0.6 is 0 Å². The van der Waals surface area contributed by atoms with Gasteiger partial charge >= 0.3 is 6.18 Å². The van der Waals surface area contributed by atoms with Crippen LogP contribution in [-0.2, 0) is 6.18 Å². The van der Waals surface area contributed by atoms with Crippen LogP contribution in [0, 0.1) is 0 Å². The first-order valence-corrected chi connectivity index (χ1v) is 8.41. The van der Waals surface area contributed by atoms with Crippen LogP contribution in [0.25, 0.3) is 28.2 Å². The number of hydrogen-bond donors (Lipinski definition) is 0. The van der Waals surface area contributed by atoms with Crippen LogP contribution in [0.15, 0.2) is 60.8 Å². The molecule has 4 aromatic rings. The molecule has 1 aliphatic heterocycles. The van der Waals surface area contributed by atoms with Gasteiger partial charge in [-0.15, -0.1) is 0 Å². The van der Waals surface area contributed by atoms with Crippen molar-refractivity contribution in [2.45, 2.75) is 6.18 Å². The molecule has 0 bridgehead atoms. The fourth-order valence-corrected chi connectivity index (χ4v) is 3.13. The summed E-state index contributed by atoms with van der Waals surface area (Å²) < 4.78 is 51.4. The lowest BCUT2D eigenvalue weighted by Gasteiger charge is -2.09. The summed E-state index contributed by atoms with van der Waals surface area (Å²) >= 11 is 0.